The minimum Gasteiger partial charge on any atom is -0.309 e. The lowest BCUT2D eigenvalue weighted by Crippen LogP contribution is -2.53. The van der Waals surface area contributed by atoms with E-state index in [2.05, 4.69) is 51.1 Å². The van der Waals surface area contributed by atoms with Crippen molar-refractivity contribution in [3.05, 3.63) is 35.1 Å². The highest BCUT2D eigenvalue weighted by Crippen LogP contribution is 2.36. The van der Waals surface area contributed by atoms with E-state index in [9.17, 15) is 4.39 Å². The summed E-state index contributed by atoms with van der Waals surface area (Å²) in [6.07, 6.45) is 2.04. The molecule has 1 unspecified atom stereocenters. The summed E-state index contributed by atoms with van der Waals surface area (Å²) in [5, 5.41) is 3.57. The number of nitrogens with zero attached hydrogens (tertiary/aromatic N) is 1. The summed E-state index contributed by atoms with van der Waals surface area (Å²) in [6, 6.07) is 5.48. The molecule has 20 heavy (non-hydrogen) atoms. The highest BCUT2D eigenvalue weighted by molar-refractivity contribution is 5.29. The van der Waals surface area contributed by atoms with Gasteiger partial charge in [0.05, 0.1) is 6.04 Å². The van der Waals surface area contributed by atoms with Crippen LogP contribution in [0, 0.1) is 12.7 Å². The van der Waals surface area contributed by atoms with Gasteiger partial charge in [0.25, 0.3) is 0 Å². The number of nitrogens with one attached hydrogen (secondary N) is 1. The Hall–Kier alpha value is -0.930. The maximum atomic E-state index is 13.8. The van der Waals surface area contributed by atoms with Gasteiger partial charge >= 0.3 is 0 Å². The van der Waals surface area contributed by atoms with Crippen molar-refractivity contribution < 1.29 is 4.39 Å². The number of aryl methyl sites for hydroxylation is 1. The third-order valence-corrected chi connectivity index (χ3v) is 4.46. The van der Waals surface area contributed by atoms with Gasteiger partial charge in [0.1, 0.15) is 5.82 Å². The summed E-state index contributed by atoms with van der Waals surface area (Å²) < 4.78 is 13.8. The van der Waals surface area contributed by atoms with Gasteiger partial charge in [-0.15, -0.1) is 0 Å². The van der Waals surface area contributed by atoms with E-state index in [1.54, 1.807) is 12.1 Å². The first-order chi connectivity index (χ1) is 9.41. The van der Waals surface area contributed by atoms with Crippen molar-refractivity contribution in [2.45, 2.75) is 52.1 Å². The Morgan fingerprint density at radius 1 is 1.15 bits per heavy atom. The molecule has 0 aliphatic rings. The summed E-state index contributed by atoms with van der Waals surface area (Å²) in [5.41, 5.74) is 2.01. The van der Waals surface area contributed by atoms with E-state index < -0.39 is 0 Å². The van der Waals surface area contributed by atoms with Crippen molar-refractivity contribution in [1.82, 2.24) is 10.2 Å². The van der Waals surface area contributed by atoms with E-state index in [0.29, 0.717) is 0 Å². The van der Waals surface area contributed by atoms with Gasteiger partial charge in [-0.25, -0.2) is 4.39 Å². The minimum atomic E-state index is -0.150. The normalized spacial score (nSPS) is 13.8. The molecule has 2 nitrogen and oxygen atoms in total. The van der Waals surface area contributed by atoms with E-state index in [4.69, 9.17) is 0 Å². The molecule has 1 aromatic carbocycles. The first kappa shape index (κ1) is 17.1. The zero-order valence-electron chi connectivity index (χ0n) is 13.8. The van der Waals surface area contributed by atoms with Gasteiger partial charge in [-0.05, 0) is 63.7 Å². The van der Waals surface area contributed by atoms with Crippen LogP contribution in [0.2, 0.25) is 0 Å². The monoisotopic (exact) mass is 280 g/mol. The Labute approximate surface area is 123 Å². The van der Waals surface area contributed by atoms with Crippen molar-refractivity contribution in [2.24, 2.45) is 0 Å². The van der Waals surface area contributed by atoms with E-state index in [0.717, 1.165) is 30.5 Å². The first-order valence-corrected chi connectivity index (χ1v) is 7.59. The van der Waals surface area contributed by atoms with Crippen LogP contribution in [-0.4, -0.2) is 31.1 Å². The van der Waals surface area contributed by atoms with Crippen LogP contribution in [0.3, 0.4) is 0 Å². The predicted molar refractivity (Wildman–Crippen MR) is 84.6 cm³/mol. The molecule has 0 saturated heterocycles. The first-order valence-electron chi connectivity index (χ1n) is 7.59. The van der Waals surface area contributed by atoms with Gasteiger partial charge in [0.2, 0.25) is 0 Å². The van der Waals surface area contributed by atoms with Crippen LogP contribution in [0.4, 0.5) is 4.39 Å². The summed E-state index contributed by atoms with van der Waals surface area (Å²) in [7, 11) is 4.23. The fraction of sp³-hybridized carbons (Fsp3) is 0.647. The van der Waals surface area contributed by atoms with E-state index in [1.807, 2.05) is 6.92 Å². The molecular formula is C17H29FN2. The predicted octanol–water partition coefficient (Wildman–Crippen LogP) is 3.91. The topological polar surface area (TPSA) is 15.3 Å². The van der Waals surface area contributed by atoms with Crippen LogP contribution in [0.5, 0.6) is 0 Å². The third kappa shape index (κ3) is 3.39. The second-order valence-corrected chi connectivity index (χ2v) is 5.76. The number of benzene rings is 1. The Morgan fingerprint density at radius 3 is 2.15 bits per heavy atom. The van der Waals surface area contributed by atoms with Crippen LogP contribution in [0.25, 0.3) is 0 Å². The molecule has 0 radical (unpaired) electrons. The van der Waals surface area contributed by atoms with Crippen LogP contribution in [0.1, 0.15) is 50.8 Å². The number of rotatable bonds is 7. The highest BCUT2D eigenvalue weighted by atomic mass is 19.1. The number of halogens is 1. The third-order valence-electron chi connectivity index (χ3n) is 4.46. The SMILES string of the molecule is CCNC(c1cc(C)cc(F)c1)C(CC)(CC)N(C)C. The molecule has 114 valence electrons. The van der Waals surface area contributed by atoms with Gasteiger partial charge in [-0.2, -0.15) is 0 Å². The molecule has 1 N–H and O–H groups in total. The summed E-state index contributed by atoms with van der Waals surface area (Å²) in [6.45, 7) is 9.34. The van der Waals surface area contributed by atoms with Gasteiger partial charge in [0, 0.05) is 5.54 Å². The molecule has 3 heteroatoms. The standard InChI is InChI=1S/C17H29FN2/c1-7-17(8-2,20(5)6)16(19-9-3)14-10-13(4)11-15(18)12-14/h10-12,16,19H,7-9H2,1-6H3. The van der Waals surface area contributed by atoms with Crippen LogP contribution >= 0.6 is 0 Å². The minimum absolute atomic E-state index is 0.00373. The molecular weight excluding hydrogens is 251 g/mol. The number of hydrogen-bond acceptors (Lipinski definition) is 2. The molecule has 1 atom stereocenters. The summed E-state index contributed by atoms with van der Waals surface area (Å²) in [4.78, 5) is 2.28. The Bertz CT molecular complexity index is 405. The smallest absolute Gasteiger partial charge is 0.123 e. The molecule has 0 aliphatic carbocycles. The molecule has 1 rings (SSSR count). The second-order valence-electron chi connectivity index (χ2n) is 5.76. The lowest BCUT2D eigenvalue weighted by molar-refractivity contribution is 0.0887. The zero-order valence-corrected chi connectivity index (χ0v) is 13.8. The van der Waals surface area contributed by atoms with Crippen molar-refractivity contribution >= 4 is 0 Å². The van der Waals surface area contributed by atoms with Crippen molar-refractivity contribution in [1.29, 1.82) is 0 Å². The fourth-order valence-electron chi connectivity index (χ4n) is 3.30. The molecule has 0 heterocycles. The van der Waals surface area contributed by atoms with Crippen LogP contribution in [0.15, 0.2) is 18.2 Å². The number of hydrogen-bond donors (Lipinski definition) is 1. The van der Waals surface area contributed by atoms with Gasteiger partial charge in [-0.1, -0.05) is 26.8 Å². The Balaban J connectivity index is 3.34. The zero-order chi connectivity index (χ0) is 15.3. The van der Waals surface area contributed by atoms with Gasteiger partial charge in [0.15, 0.2) is 0 Å². The summed E-state index contributed by atoms with van der Waals surface area (Å²) >= 11 is 0. The molecule has 0 saturated carbocycles. The molecule has 0 fully saturated rings. The Morgan fingerprint density at radius 2 is 1.75 bits per heavy atom. The Kier molecular flexibility index (Phi) is 6.15. The molecule has 0 spiro atoms. The largest absolute Gasteiger partial charge is 0.309 e. The molecule has 0 bridgehead atoms. The summed E-state index contributed by atoms with van der Waals surface area (Å²) in [5.74, 6) is -0.150. The van der Waals surface area contributed by atoms with Gasteiger partial charge < -0.3 is 10.2 Å². The van der Waals surface area contributed by atoms with Crippen molar-refractivity contribution in [3.8, 4) is 0 Å². The van der Waals surface area contributed by atoms with Crippen LogP contribution < -0.4 is 5.32 Å². The van der Waals surface area contributed by atoms with E-state index in [-0.39, 0.29) is 17.4 Å². The average Bonchev–Trinajstić information content (AvgIpc) is 2.38. The van der Waals surface area contributed by atoms with E-state index in [1.165, 1.54) is 0 Å². The maximum absolute atomic E-state index is 13.8. The average molecular weight is 280 g/mol. The lowest BCUT2D eigenvalue weighted by Gasteiger charge is -2.46. The van der Waals surface area contributed by atoms with Crippen molar-refractivity contribution in [3.63, 3.8) is 0 Å². The van der Waals surface area contributed by atoms with Crippen LogP contribution in [-0.2, 0) is 0 Å². The lowest BCUT2D eigenvalue weighted by atomic mass is 9.79. The number of likely N-dealkylation sites (N-methyl/N-ethyl adjacent to an activating group) is 2. The molecule has 0 aliphatic heterocycles. The fourth-order valence-corrected chi connectivity index (χ4v) is 3.30. The highest BCUT2D eigenvalue weighted by Gasteiger charge is 2.38. The quantitative estimate of drug-likeness (QED) is 0.815. The van der Waals surface area contributed by atoms with Crippen molar-refractivity contribution in [2.75, 3.05) is 20.6 Å². The molecule has 0 amide bonds. The molecule has 0 aromatic heterocycles. The van der Waals surface area contributed by atoms with Gasteiger partial charge in [-0.3, -0.25) is 0 Å². The molecule has 1 aromatic rings. The van der Waals surface area contributed by atoms with E-state index >= 15 is 0 Å². The maximum Gasteiger partial charge on any atom is 0.123 e. The second kappa shape index (κ2) is 7.19.